The van der Waals surface area contributed by atoms with E-state index in [1.54, 1.807) is 11.8 Å². The molecular weight excluding hydrogens is 504 g/mol. The van der Waals surface area contributed by atoms with Gasteiger partial charge in [0.1, 0.15) is 27.8 Å². The van der Waals surface area contributed by atoms with Crippen molar-refractivity contribution in [2.75, 3.05) is 19.1 Å². The monoisotopic (exact) mass is 536 g/mol. The Bertz CT molecular complexity index is 992. The van der Waals surface area contributed by atoms with Gasteiger partial charge in [-0.2, -0.15) is 0 Å². The predicted octanol–water partition coefficient (Wildman–Crippen LogP) is 3.10. The van der Waals surface area contributed by atoms with Gasteiger partial charge in [0.25, 0.3) is 0 Å². The Hall–Kier alpha value is -1.82. The number of carbonyl (C=O) groups is 3. The topological polar surface area (TPSA) is 93.2 Å². The smallest absolute Gasteiger partial charge is 0.327 e. The number of unbranched alkanes of at least 4 members (excludes halogenated alkanes) is 2. The number of nitrogens with one attached hydrogen (secondary N) is 1. The number of carboxylic acid groups (broad SMARTS) is 1. The number of carbonyl (C=O) groups excluding carboxylic acids is 2. The SMILES string of the molecule is CCCCCN1CN(C(C(=O)NC2C(=O)N3[C@@H]2SC(C)(C)[C@@H]3C(=O)O)c2ccccc2)CSC1=S. The van der Waals surface area contributed by atoms with Crippen LogP contribution < -0.4 is 5.32 Å². The lowest BCUT2D eigenvalue weighted by atomic mass is 9.95. The summed E-state index contributed by atoms with van der Waals surface area (Å²) in [6.07, 6.45) is 3.29. The summed E-state index contributed by atoms with van der Waals surface area (Å²) in [6, 6.07) is 7.33. The van der Waals surface area contributed by atoms with Gasteiger partial charge in [-0.15, -0.1) is 11.8 Å². The van der Waals surface area contributed by atoms with Crippen molar-refractivity contribution in [3.63, 3.8) is 0 Å². The second-order valence-corrected chi connectivity index (χ2v) is 13.0. The van der Waals surface area contributed by atoms with Crippen molar-refractivity contribution < 1.29 is 19.5 Å². The molecule has 0 bridgehead atoms. The van der Waals surface area contributed by atoms with E-state index in [2.05, 4.69) is 22.0 Å². The summed E-state index contributed by atoms with van der Waals surface area (Å²) >= 11 is 8.56. The third-order valence-electron chi connectivity index (χ3n) is 6.70. The number of fused-ring (bicyclic) bond motifs is 1. The number of hydrogen-bond acceptors (Lipinski definition) is 7. The number of benzene rings is 1. The van der Waals surface area contributed by atoms with Crippen LogP contribution in [-0.4, -0.2) is 83.2 Å². The molecule has 190 valence electrons. The highest BCUT2D eigenvalue weighted by Crippen LogP contribution is 2.50. The molecule has 0 radical (unpaired) electrons. The molecule has 4 rings (SSSR count). The van der Waals surface area contributed by atoms with Crippen LogP contribution in [0, 0.1) is 0 Å². The summed E-state index contributed by atoms with van der Waals surface area (Å²) in [5, 5.41) is 12.3. The van der Waals surface area contributed by atoms with Crippen LogP contribution in [0.1, 0.15) is 51.6 Å². The van der Waals surface area contributed by atoms with Crippen LogP contribution in [0.3, 0.4) is 0 Å². The number of β-lactam (4-membered cyclic amide) rings is 1. The molecular formula is C24H32N4O4S3. The minimum atomic E-state index is -1.02. The lowest BCUT2D eigenvalue weighted by Gasteiger charge is -2.45. The van der Waals surface area contributed by atoms with Crippen molar-refractivity contribution in [2.45, 2.75) is 68.3 Å². The Morgan fingerprint density at radius 2 is 1.97 bits per heavy atom. The lowest BCUT2D eigenvalue weighted by molar-refractivity contribution is -0.161. The van der Waals surface area contributed by atoms with Crippen LogP contribution in [0.4, 0.5) is 0 Å². The van der Waals surface area contributed by atoms with E-state index in [1.165, 1.54) is 16.7 Å². The Morgan fingerprint density at radius 3 is 2.63 bits per heavy atom. The molecule has 1 aromatic carbocycles. The fourth-order valence-electron chi connectivity index (χ4n) is 4.96. The molecule has 3 heterocycles. The minimum Gasteiger partial charge on any atom is -0.480 e. The molecule has 0 aromatic heterocycles. The summed E-state index contributed by atoms with van der Waals surface area (Å²) in [6.45, 7) is 7.21. The number of rotatable bonds is 9. The van der Waals surface area contributed by atoms with Gasteiger partial charge >= 0.3 is 5.97 Å². The third-order valence-corrected chi connectivity index (χ3v) is 9.85. The number of thiocarbonyl (C=S) groups is 1. The third kappa shape index (κ3) is 5.19. The van der Waals surface area contributed by atoms with E-state index in [0.29, 0.717) is 12.5 Å². The number of hydrogen-bond donors (Lipinski definition) is 2. The number of aliphatic carboxylic acids is 1. The number of amides is 2. The molecule has 2 amide bonds. The van der Waals surface area contributed by atoms with Crippen molar-refractivity contribution >= 4 is 57.8 Å². The molecule has 11 heteroatoms. The molecule has 2 N–H and O–H groups in total. The van der Waals surface area contributed by atoms with E-state index in [-0.39, 0.29) is 17.2 Å². The van der Waals surface area contributed by atoms with Gasteiger partial charge in [-0.25, -0.2) is 4.79 Å². The lowest BCUT2D eigenvalue weighted by Crippen LogP contribution is -2.71. The average Bonchev–Trinajstić information content (AvgIpc) is 3.08. The fraction of sp³-hybridized carbons (Fsp3) is 0.583. The number of thioether (sulfide) groups is 2. The van der Waals surface area contributed by atoms with Crippen LogP contribution in [0.15, 0.2) is 30.3 Å². The largest absolute Gasteiger partial charge is 0.480 e. The molecule has 3 aliphatic heterocycles. The van der Waals surface area contributed by atoms with Crippen molar-refractivity contribution in [1.82, 2.24) is 20.0 Å². The highest BCUT2D eigenvalue weighted by Gasteiger charge is 2.64. The van der Waals surface area contributed by atoms with Crippen molar-refractivity contribution in [3.05, 3.63) is 35.9 Å². The maximum atomic E-state index is 13.7. The Balaban J connectivity index is 1.52. The first kappa shape index (κ1) is 26.2. The zero-order valence-corrected chi connectivity index (χ0v) is 22.6. The molecule has 1 aromatic rings. The summed E-state index contributed by atoms with van der Waals surface area (Å²) in [4.78, 5) is 44.1. The summed E-state index contributed by atoms with van der Waals surface area (Å²) in [5.74, 6) is -1.04. The van der Waals surface area contributed by atoms with E-state index < -0.39 is 28.8 Å². The Morgan fingerprint density at radius 1 is 1.26 bits per heavy atom. The van der Waals surface area contributed by atoms with E-state index in [4.69, 9.17) is 12.2 Å². The zero-order chi connectivity index (χ0) is 25.3. The minimum absolute atomic E-state index is 0.256. The first-order chi connectivity index (χ1) is 16.7. The summed E-state index contributed by atoms with van der Waals surface area (Å²) < 4.78 is 0.210. The van der Waals surface area contributed by atoms with Gasteiger partial charge in [-0.3, -0.25) is 14.5 Å². The van der Waals surface area contributed by atoms with Gasteiger partial charge in [0.15, 0.2) is 0 Å². The molecule has 8 nitrogen and oxygen atoms in total. The summed E-state index contributed by atoms with van der Waals surface area (Å²) in [7, 11) is 0. The zero-order valence-electron chi connectivity index (χ0n) is 20.2. The van der Waals surface area contributed by atoms with Gasteiger partial charge < -0.3 is 20.2 Å². The highest BCUT2D eigenvalue weighted by molar-refractivity contribution is 8.22. The quantitative estimate of drug-likeness (QED) is 0.281. The molecule has 4 atom stereocenters. The van der Waals surface area contributed by atoms with E-state index in [9.17, 15) is 19.5 Å². The standard InChI is InChI=1S/C24H32N4O4S3/c1-4-5-9-12-26-13-27(14-34-23(26)33)17(15-10-7-6-8-11-15)19(29)25-16-20(30)28-18(22(31)32)24(2,3)35-21(16)28/h6-8,10-11,16-18,21H,4-5,9,12-14H2,1-3H3,(H,25,29)(H,31,32)/t16?,17?,18-,21+/m0/s1. The molecule has 35 heavy (non-hydrogen) atoms. The average molecular weight is 537 g/mol. The Labute approximate surface area is 220 Å². The molecule has 2 unspecified atom stereocenters. The van der Waals surface area contributed by atoms with Crippen LogP contribution in [0.2, 0.25) is 0 Å². The van der Waals surface area contributed by atoms with Crippen LogP contribution in [0.5, 0.6) is 0 Å². The molecule has 0 saturated carbocycles. The molecule has 3 aliphatic rings. The van der Waals surface area contributed by atoms with Crippen molar-refractivity contribution in [3.8, 4) is 0 Å². The van der Waals surface area contributed by atoms with Gasteiger partial charge in [0.2, 0.25) is 11.8 Å². The van der Waals surface area contributed by atoms with Gasteiger partial charge in [0, 0.05) is 11.3 Å². The van der Waals surface area contributed by atoms with Crippen LogP contribution in [0.25, 0.3) is 0 Å². The second-order valence-electron chi connectivity index (χ2n) is 9.64. The van der Waals surface area contributed by atoms with Crippen LogP contribution in [-0.2, 0) is 14.4 Å². The molecule has 3 fully saturated rings. The second kappa shape index (κ2) is 10.7. The first-order valence-corrected chi connectivity index (χ1v) is 14.2. The van der Waals surface area contributed by atoms with Gasteiger partial charge in [0.05, 0.1) is 12.5 Å². The summed E-state index contributed by atoms with van der Waals surface area (Å²) in [5.41, 5.74) is 0.846. The van der Waals surface area contributed by atoms with Crippen LogP contribution >= 0.6 is 35.7 Å². The van der Waals surface area contributed by atoms with Gasteiger partial charge in [-0.05, 0) is 25.8 Å². The predicted molar refractivity (Wildman–Crippen MR) is 143 cm³/mol. The van der Waals surface area contributed by atoms with E-state index in [0.717, 1.165) is 35.7 Å². The van der Waals surface area contributed by atoms with E-state index in [1.807, 2.05) is 44.2 Å². The highest BCUT2D eigenvalue weighted by atomic mass is 32.2. The van der Waals surface area contributed by atoms with Crippen molar-refractivity contribution in [1.29, 1.82) is 0 Å². The molecule has 0 spiro atoms. The first-order valence-electron chi connectivity index (χ1n) is 11.9. The number of carboxylic acids is 1. The Kier molecular flexibility index (Phi) is 7.99. The van der Waals surface area contributed by atoms with Gasteiger partial charge in [-0.1, -0.05) is 74.1 Å². The fourth-order valence-corrected chi connectivity index (χ4v) is 7.73. The molecule has 3 saturated heterocycles. The maximum absolute atomic E-state index is 13.7. The van der Waals surface area contributed by atoms with E-state index >= 15 is 0 Å². The normalized spacial score (nSPS) is 26.8. The van der Waals surface area contributed by atoms with Crippen molar-refractivity contribution in [2.24, 2.45) is 0 Å². The molecule has 0 aliphatic carbocycles. The maximum Gasteiger partial charge on any atom is 0.327 e. The number of nitrogens with zero attached hydrogens (tertiary/aromatic N) is 3.